The van der Waals surface area contributed by atoms with E-state index in [0.29, 0.717) is 13.0 Å². The Morgan fingerprint density at radius 2 is 1.64 bits per heavy atom. The summed E-state index contributed by atoms with van der Waals surface area (Å²) in [6.07, 6.45) is 3.63. The van der Waals surface area contributed by atoms with E-state index in [1.165, 1.54) is 18.7 Å². The summed E-state index contributed by atoms with van der Waals surface area (Å²) in [6, 6.07) is -1.68. The molecule has 146 valence electrons. The van der Waals surface area contributed by atoms with E-state index in [2.05, 4.69) is 12.2 Å². The van der Waals surface area contributed by atoms with Gasteiger partial charge in [-0.05, 0) is 27.2 Å². The standard InChI is InChI=1S/C17H31NO6S/c1-5-8-9-10-14(17(22)24-7-3)25-11-13(16(21)23-6-2)18-12(4)15(19)20/h12-14,18H,5-11H2,1-4H3,(H,19,20)/t12-,13+,14-/m1/s1. The molecule has 0 aliphatic heterocycles. The van der Waals surface area contributed by atoms with Crippen molar-refractivity contribution in [2.45, 2.75) is 70.7 Å². The molecular formula is C17H31NO6S. The van der Waals surface area contributed by atoms with E-state index in [1.54, 1.807) is 13.8 Å². The lowest BCUT2D eigenvalue weighted by atomic mass is 10.1. The van der Waals surface area contributed by atoms with Gasteiger partial charge < -0.3 is 14.6 Å². The first kappa shape index (κ1) is 23.7. The molecule has 2 N–H and O–H groups in total. The van der Waals surface area contributed by atoms with Crippen LogP contribution in [-0.4, -0.2) is 59.3 Å². The third-order valence-electron chi connectivity index (χ3n) is 3.48. The zero-order chi connectivity index (χ0) is 19.2. The molecule has 0 aliphatic rings. The Morgan fingerprint density at radius 3 is 2.16 bits per heavy atom. The highest BCUT2D eigenvalue weighted by Crippen LogP contribution is 2.21. The first-order valence-electron chi connectivity index (χ1n) is 8.80. The van der Waals surface area contributed by atoms with E-state index < -0.39 is 24.0 Å². The van der Waals surface area contributed by atoms with Gasteiger partial charge >= 0.3 is 17.9 Å². The van der Waals surface area contributed by atoms with Crippen LogP contribution in [0.15, 0.2) is 0 Å². The van der Waals surface area contributed by atoms with Gasteiger partial charge in [-0.1, -0.05) is 26.2 Å². The molecule has 0 spiro atoms. The Labute approximate surface area is 154 Å². The van der Waals surface area contributed by atoms with Crippen molar-refractivity contribution in [2.24, 2.45) is 0 Å². The zero-order valence-electron chi connectivity index (χ0n) is 15.6. The molecular weight excluding hydrogens is 346 g/mol. The summed E-state index contributed by atoms with van der Waals surface area (Å²) in [4.78, 5) is 35.2. The molecule has 8 heteroatoms. The van der Waals surface area contributed by atoms with Gasteiger partial charge in [0.2, 0.25) is 0 Å². The number of carboxylic acids is 1. The Kier molecular flexibility index (Phi) is 13.2. The van der Waals surface area contributed by atoms with Crippen LogP contribution in [0.3, 0.4) is 0 Å². The molecule has 0 radical (unpaired) electrons. The molecule has 0 saturated carbocycles. The predicted molar refractivity (Wildman–Crippen MR) is 97.7 cm³/mol. The molecule has 7 nitrogen and oxygen atoms in total. The van der Waals surface area contributed by atoms with Gasteiger partial charge in [-0.2, -0.15) is 0 Å². The summed E-state index contributed by atoms with van der Waals surface area (Å²) < 4.78 is 10.1. The fourth-order valence-corrected chi connectivity index (χ4v) is 3.29. The molecule has 0 bridgehead atoms. The number of thioether (sulfide) groups is 1. The summed E-state index contributed by atoms with van der Waals surface area (Å²) in [5.74, 6) is -1.62. The lowest BCUT2D eigenvalue weighted by Gasteiger charge is -2.22. The number of hydrogen-bond donors (Lipinski definition) is 2. The Morgan fingerprint density at radius 1 is 1.04 bits per heavy atom. The minimum Gasteiger partial charge on any atom is -0.480 e. The Balaban J connectivity index is 4.85. The molecule has 0 unspecified atom stereocenters. The molecule has 0 heterocycles. The fraction of sp³-hybridized carbons (Fsp3) is 0.824. The number of rotatable bonds is 14. The molecule has 0 aromatic rings. The number of carbonyl (C=O) groups excluding carboxylic acids is 2. The highest BCUT2D eigenvalue weighted by Gasteiger charge is 2.28. The van der Waals surface area contributed by atoms with Crippen LogP contribution in [0, 0.1) is 0 Å². The highest BCUT2D eigenvalue weighted by molar-refractivity contribution is 8.00. The normalized spacial score (nSPS) is 14.4. The van der Waals surface area contributed by atoms with Crippen molar-refractivity contribution in [3.63, 3.8) is 0 Å². The maximum atomic E-state index is 12.1. The Bertz CT molecular complexity index is 418. The summed E-state index contributed by atoms with van der Waals surface area (Å²) in [5.41, 5.74) is 0. The van der Waals surface area contributed by atoms with Gasteiger partial charge in [-0.3, -0.25) is 19.7 Å². The zero-order valence-corrected chi connectivity index (χ0v) is 16.4. The second kappa shape index (κ2) is 13.9. The van der Waals surface area contributed by atoms with Crippen molar-refractivity contribution in [2.75, 3.05) is 19.0 Å². The van der Waals surface area contributed by atoms with Crippen molar-refractivity contribution >= 4 is 29.7 Å². The first-order chi connectivity index (χ1) is 11.9. The molecule has 3 atom stereocenters. The van der Waals surface area contributed by atoms with Gasteiger partial charge in [0, 0.05) is 5.75 Å². The van der Waals surface area contributed by atoms with Gasteiger partial charge in [0.15, 0.2) is 0 Å². The van der Waals surface area contributed by atoms with Crippen LogP contribution in [0.4, 0.5) is 0 Å². The van der Waals surface area contributed by atoms with Crippen LogP contribution in [0.1, 0.15) is 53.4 Å². The average molecular weight is 378 g/mol. The second-order valence-corrected chi connectivity index (χ2v) is 6.84. The number of carbonyl (C=O) groups is 3. The molecule has 0 aliphatic carbocycles. The molecule has 0 rings (SSSR count). The number of aliphatic carboxylic acids is 1. The van der Waals surface area contributed by atoms with Crippen molar-refractivity contribution in [1.82, 2.24) is 5.32 Å². The molecule has 0 aromatic heterocycles. The van der Waals surface area contributed by atoms with Crippen molar-refractivity contribution < 1.29 is 29.0 Å². The van der Waals surface area contributed by atoms with Gasteiger partial charge in [0.05, 0.1) is 13.2 Å². The molecule has 0 aromatic carbocycles. The van der Waals surface area contributed by atoms with E-state index in [9.17, 15) is 14.4 Å². The van der Waals surface area contributed by atoms with Crippen molar-refractivity contribution in [3.05, 3.63) is 0 Å². The van der Waals surface area contributed by atoms with Crippen LogP contribution in [0.2, 0.25) is 0 Å². The molecule has 25 heavy (non-hydrogen) atoms. The predicted octanol–water partition coefficient (Wildman–Crippen LogP) is 2.23. The van der Waals surface area contributed by atoms with E-state index in [-0.39, 0.29) is 23.6 Å². The van der Waals surface area contributed by atoms with E-state index in [0.717, 1.165) is 19.3 Å². The van der Waals surface area contributed by atoms with Crippen molar-refractivity contribution in [1.29, 1.82) is 0 Å². The number of hydrogen-bond acceptors (Lipinski definition) is 7. The number of ether oxygens (including phenoxy) is 2. The van der Waals surface area contributed by atoms with Crippen LogP contribution >= 0.6 is 11.8 Å². The minimum atomic E-state index is -1.05. The molecule has 0 fully saturated rings. The maximum Gasteiger partial charge on any atom is 0.324 e. The first-order valence-corrected chi connectivity index (χ1v) is 9.85. The quantitative estimate of drug-likeness (QED) is 0.351. The number of unbranched alkanes of at least 4 members (excludes halogenated alkanes) is 2. The number of nitrogens with one attached hydrogen (secondary N) is 1. The summed E-state index contributed by atoms with van der Waals surface area (Å²) >= 11 is 1.31. The topological polar surface area (TPSA) is 102 Å². The van der Waals surface area contributed by atoms with E-state index in [4.69, 9.17) is 14.6 Å². The maximum absolute atomic E-state index is 12.1. The second-order valence-electron chi connectivity index (χ2n) is 5.60. The SMILES string of the molecule is CCCCC[C@@H](SC[C@H](N[C@H](C)C(=O)O)C(=O)OCC)C(=O)OCC. The van der Waals surface area contributed by atoms with Gasteiger partial charge in [0.1, 0.15) is 17.3 Å². The van der Waals surface area contributed by atoms with E-state index in [1.807, 2.05) is 0 Å². The van der Waals surface area contributed by atoms with Gasteiger partial charge in [-0.15, -0.1) is 11.8 Å². The lowest BCUT2D eigenvalue weighted by molar-refractivity contribution is -0.146. The summed E-state index contributed by atoms with van der Waals surface area (Å²) in [6.45, 7) is 7.50. The number of carboxylic acid groups (broad SMARTS) is 1. The average Bonchev–Trinajstić information content (AvgIpc) is 2.56. The summed E-state index contributed by atoms with van der Waals surface area (Å²) in [5, 5.41) is 11.4. The van der Waals surface area contributed by atoms with Crippen molar-refractivity contribution in [3.8, 4) is 0 Å². The van der Waals surface area contributed by atoms with Gasteiger partial charge in [-0.25, -0.2) is 0 Å². The van der Waals surface area contributed by atoms with E-state index >= 15 is 0 Å². The monoisotopic (exact) mass is 377 g/mol. The molecule has 0 saturated heterocycles. The Hall–Kier alpha value is -1.28. The van der Waals surface area contributed by atoms with Crippen LogP contribution in [0.25, 0.3) is 0 Å². The van der Waals surface area contributed by atoms with Crippen LogP contribution in [0.5, 0.6) is 0 Å². The molecule has 0 amide bonds. The van der Waals surface area contributed by atoms with Crippen LogP contribution < -0.4 is 5.32 Å². The van der Waals surface area contributed by atoms with Gasteiger partial charge in [0.25, 0.3) is 0 Å². The van der Waals surface area contributed by atoms with Crippen LogP contribution in [-0.2, 0) is 23.9 Å². The number of esters is 2. The minimum absolute atomic E-state index is 0.209. The highest BCUT2D eigenvalue weighted by atomic mass is 32.2. The lowest BCUT2D eigenvalue weighted by Crippen LogP contribution is -2.48. The smallest absolute Gasteiger partial charge is 0.324 e. The largest absolute Gasteiger partial charge is 0.480 e. The third kappa shape index (κ3) is 10.3. The summed E-state index contributed by atoms with van der Waals surface area (Å²) in [7, 11) is 0. The third-order valence-corrected chi connectivity index (χ3v) is 4.83. The fourth-order valence-electron chi connectivity index (χ4n) is 2.10.